The van der Waals surface area contributed by atoms with Gasteiger partial charge in [0.15, 0.2) is 9.84 Å². The van der Waals surface area contributed by atoms with Gasteiger partial charge in [0.25, 0.3) is 0 Å². The van der Waals surface area contributed by atoms with E-state index in [4.69, 9.17) is 10.8 Å². The summed E-state index contributed by atoms with van der Waals surface area (Å²) in [6.45, 7) is 1.63. The first-order valence-corrected chi connectivity index (χ1v) is 8.19. The van der Waals surface area contributed by atoms with Crippen LogP contribution in [-0.4, -0.2) is 44.1 Å². The van der Waals surface area contributed by atoms with Crippen molar-refractivity contribution in [2.45, 2.75) is 13.3 Å². The van der Waals surface area contributed by atoms with Gasteiger partial charge in [0, 0.05) is 12.3 Å². The van der Waals surface area contributed by atoms with Gasteiger partial charge < -0.3 is 15.7 Å². The van der Waals surface area contributed by atoms with Crippen molar-refractivity contribution in [1.29, 1.82) is 0 Å². The Kier molecular flexibility index (Phi) is 5.82. The van der Waals surface area contributed by atoms with E-state index in [9.17, 15) is 13.2 Å². The average molecular weight is 300 g/mol. The first kappa shape index (κ1) is 16.3. The molecule has 0 amide bonds. The Labute approximate surface area is 119 Å². The van der Waals surface area contributed by atoms with Crippen molar-refractivity contribution in [3.05, 3.63) is 24.3 Å². The van der Waals surface area contributed by atoms with Crippen molar-refractivity contribution in [2.24, 2.45) is 0 Å². The summed E-state index contributed by atoms with van der Waals surface area (Å²) in [5, 5.41) is 8.94. The third kappa shape index (κ3) is 5.08. The number of nitrogens with zero attached hydrogens (tertiary/aromatic N) is 1. The number of hydrogen-bond donors (Lipinski definition) is 2. The summed E-state index contributed by atoms with van der Waals surface area (Å²) in [7, 11) is -3.16. The minimum absolute atomic E-state index is 0.0809. The van der Waals surface area contributed by atoms with Crippen LogP contribution in [0.2, 0.25) is 0 Å². The number of para-hydroxylation sites is 2. The lowest BCUT2D eigenvalue weighted by atomic mass is 10.2. The number of rotatable bonds is 8. The van der Waals surface area contributed by atoms with E-state index in [1.54, 1.807) is 31.2 Å². The summed E-state index contributed by atoms with van der Waals surface area (Å²) >= 11 is 0. The topological polar surface area (TPSA) is 101 Å². The highest BCUT2D eigenvalue weighted by Gasteiger charge is 2.17. The van der Waals surface area contributed by atoms with Crippen LogP contribution in [0.3, 0.4) is 0 Å². The summed E-state index contributed by atoms with van der Waals surface area (Å²) in [5.74, 6) is -0.998. The number of nitrogen functional groups attached to an aromatic ring is 1. The smallest absolute Gasteiger partial charge is 0.323 e. The summed E-state index contributed by atoms with van der Waals surface area (Å²) < 4.78 is 23.5. The SMILES string of the molecule is CCCS(=O)(=O)CCN(CC(=O)O)c1ccccc1N. The molecular formula is C13H20N2O4S. The van der Waals surface area contributed by atoms with Gasteiger partial charge in [0.2, 0.25) is 0 Å². The molecule has 0 heterocycles. The van der Waals surface area contributed by atoms with Gasteiger partial charge in [0.05, 0.1) is 17.1 Å². The molecule has 0 atom stereocenters. The second kappa shape index (κ2) is 7.14. The van der Waals surface area contributed by atoms with Crippen LogP contribution in [-0.2, 0) is 14.6 Å². The number of anilines is 2. The molecule has 0 radical (unpaired) electrons. The largest absolute Gasteiger partial charge is 0.480 e. The summed E-state index contributed by atoms with van der Waals surface area (Å²) in [5.41, 5.74) is 6.79. The van der Waals surface area contributed by atoms with Gasteiger partial charge in [-0.15, -0.1) is 0 Å². The van der Waals surface area contributed by atoms with E-state index in [-0.39, 0.29) is 24.6 Å². The molecule has 0 spiro atoms. The molecule has 6 nitrogen and oxygen atoms in total. The van der Waals surface area contributed by atoms with Gasteiger partial charge in [-0.3, -0.25) is 4.79 Å². The molecular weight excluding hydrogens is 280 g/mol. The fourth-order valence-electron chi connectivity index (χ4n) is 1.89. The molecule has 0 aliphatic carbocycles. The average Bonchev–Trinajstić information content (AvgIpc) is 2.35. The maximum Gasteiger partial charge on any atom is 0.323 e. The van der Waals surface area contributed by atoms with Crippen LogP contribution < -0.4 is 10.6 Å². The summed E-state index contributed by atoms with van der Waals surface area (Å²) in [6.07, 6.45) is 0.550. The lowest BCUT2D eigenvalue weighted by Crippen LogP contribution is -2.35. The zero-order chi connectivity index (χ0) is 15.2. The van der Waals surface area contributed by atoms with Crippen LogP contribution in [0.1, 0.15) is 13.3 Å². The Morgan fingerprint density at radius 1 is 1.30 bits per heavy atom. The Hall–Kier alpha value is -1.76. The number of carboxylic acids is 1. The van der Waals surface area contributed by atoms with Crippen LogP contribution in [0.25, 0.3) is 0 Å². The Bertz CT molecular complexity index is 557. The standard InChI is InChI=1S/C13H20N2O4S/c1-2-8-20(18,19)9-7-15(10-13(16)17)12-6-4-3-5-11(12)14/h3-6H,2,7-10,14H2,1H3,(H,16,17). The summed E-state index contributed by atoms with van der Waals surface area (Å²) in [4.78, 5) is 12.4. The number of carbonyl (C=O) groups is 1. The highest BCUT2D eigenvalue weighted by Crippen LogP contribution is 2.22. The molecule has 0 aliphatic heterocycles. The van der Waals surface area contributed by atoms with E-state index < -0.39 is 15.8 Å². The first-order valence-electron chi connectivity index (χ1n) is 6.37. The molecule has 1 aromatic carbocycles. The number of aliphatic carboxylic acids is 1. The molecule has 1 rings (SSSR count). The second-order valence-electron chi connectivity index (χ2n) is 4.53. The molecule has 0 bridgehead atoms. The highest BCUT2D eigenvalue weighted by atomic mass is 32.2. The minimum atomic E-state index is -3.16. The maximum absolute atomic E-state index is 11.7. The molecule has 0 saturated heterocycles. The third-order valence-corrected chi connectivity index (χ3v) is 4.63. The number of benzene rings is 1. The zero-order valence-corrected chi connectivity index (χ0v) is 12.3. The van der Waals surface area contributed by atoms with E-state index >= 15 is 0 Å². The molecule has 0 unspecified atom stereocenters. The second-order valence-corrected chi connectivity index (χ2v) is 6.83. The van der Waals surface area contributed by atoms with Crippen molar-refractivity contribution in [3.63, 3.8) is 0 Å². The molecule has 3 N–H and O–H groups in total. The molecule has 0 saturated carbocycles. The third-order valence-electron chi connectivity index (χ3n) is 2.79. The Morgan fingerprint density at radius 3 is 2.50 bits per heavy atom. The first-order chi connectivity index (χ1) is 9.35. The highest BCUT2D eigenvalue weighted by molar-refractivity contribution is 7.91. The lowest BCUT2D eigenvalue weighted by molar-refractivity contribution is -0.135. The Morgan fingerprint density at radius 2 is 1.95 bits per heavy atom. The predicted octanol–water partition coefficient (Wildman–Crippen LogP) is 0.985. The number of hydrogen-bond acceptors (Lipinski definition) is 5. The van der Waals surface area contributed by atoms with Crippen molar-refractivity contribution in [3.8, 4) is 0 Å². The normalized spacial score (nSPS) is 11.2. The van der Waals surface area contributed by atoms with E-state index in [2.05, 4.69) is 0 Å². The predicted molar refractivity (Wildman–Crippen MR) is 79.6 cm³/mol. The van der Waals surface area contributed by atoms with E-state index in [1.165, 1.54) is 4.90 Å². The van der Waals surface area contributed by atoms with E-state index in [0.29, 0.717) is 17.8 Å². The van der Waals surface area contributed by atoms with Crippen LogP contribution in [0, 0.1) is 0 Å². The fraction of sp³-hybridized carbons (Fsp3) is 0.462. The van der Waals surface area contributed by atoms with Gasteiger partial charge in [-0.25, -0.2) is 8.42 Å². The summed E-state index contributed by atoms with van der Waals surface area (Å²) in [6, 6.07) is 6.82. The van der Waals surface area contributed by atoms with Gasteiger partial charge >= 0.3 is 5.97 Å². The van der Waals surface area contributed by atoms with E-state index in [1.807, 2.05) is 0 Å². The fourth-order valence-corrected chi connectivity index (χ4v) is 3.21. The van der Waals surface area contributed by atoms with Crippen LogP contribution in [0.4, 0.5) is 11.4 Å². The monoisotopic (exact) mass is 300 g/mol. The van der Waals surface area contributed by atoms with Crippen LogP contribution >= 0.6 is 0 Å². The number of sulfone groups is 1. The zero-order valence-electron chi connectivity index (χ0n) is 11.4. The van der Waals surface area contributed by atoms with Crippen molar-refractivity contribution in [2.75, 3.05) is 35.2 Å². The van der Waals surface area contributed by atoms with Gasteiger partial charge in [-0.1, -0.05) is 19.1 Å². The molecule has 112 valence electrons. The van der Waals surface area contributed by atoms with Gasteiger partial charge in [0.1, 0.15) is 6.54 Å². The number of carboxylic acid groups (broad SMARTS) is 1. The van der Waals surface area contributed by atoms with Crippen molar-refractivity contribution >= 4 is 27.2 Å². The van der Waals surface area contributed by atoms with Crippen LogP contribution in [0.15, 0.2) is 24.3 Å². The number of nitrogens with two attached hydrogens (primary N) is 1. The van der Waals surface area contributed by atoms with E-state index in [0.717, 1.165) is 0 Å². The molecule has 7 heteroatoms. The Balaban J connectivity index is 2.86. The van der Waals surface area contributed by atoms with Crippen LogP contribution in [0.5, 0.6) is 0 Å². The molecule has 0 fully saturated rings. The molecule has 0 aromatic heterocycles. The molecule has 1 aromatic rings. The maximum atomic E-state index is 11.7. The van der Waals surface area contributed by atoms with Crippen molar-refractivity contribution in [1.82, 2.24) is 0 Å². The quantitative estimate of drug-likeness (QED) is 0.694. The minimum Gasteiger partial charge on any atom is -0.480 e. The van der Waals surface area contributed by atoms with Gasteiger partial charge in [-0.2, -0.15) is 0 Å². The van der Waals surface area contributed by atoms with Gasteiger partial charge in [-0.05, 0) is 18.6 Å². The molecule has 0 aliphatic rings. The molecule has 20 heavy (non-hydrogen) atoms. The lowest BCUT2D eigenvalue weighted by Gasteiger charge is -2.24. The van der Waals surface area contributed by atoms with Crippen molar-refractivity contribution < 1.29 is 18.3 Å².